The maximum Gasteiger partial charge on any atom is 0.198 e. The predicted molar refractivity (Wildman–Crippen MR) is 57.1 cm³/mol. The molecular formula is C10H9ClFN3O. The van der Waals surface area contributed by atoms with Gasteiger partial charge in [0, 0.05) is 11.8 Å². The summed E-state index contributed by atoms with van der Waals surface area (Å²) in [6, 6.07) is 2.55. The third kappa shape index (κ3) is 2.06. The zero-order valence-electron chi connectivity index (χ0n) is 8.15. The van der Waals surface area contributed by atoms with Gasteiger partial charge in [-0.1, -0.05) is 0 Å². The van der Waals surface area contributed by atoms with E-state index in [2.05, 4.69) is 10.4 Å². The van der Waals surface area contributed by atoms with Crippen molar-refractivity contribution in [3.63, 3.8) is 0 Å². The number of hydrogen-bond acceptors (Lipinski definition) is 4. The lowest BCUT2D eigenvalue weighted by atomic mass is 10.0. The molecule has 0 aliphatic carbocycles. The Morgan fingerprint density at radius 2 is 2.31 bits per heavy atom. The smallest absolute Gasteiger partial charge is 0.198 e. The zero-order chi connectivity index (χ0) is 11.5. The van der Waals surface area contributed by atoms with Gasteiger partial charge in [0.25, 0.3) is 0 Å². The number of hydrogen-bond donors (Lipinski definition) is 2. The van der Waals surface area contributed by atoms with Crippen molar-refractivity contribution in [2.24, 2.45) is 5.84 Å². The van der Waals surface area contributed by atoms with E-state index in [9.17, 15) is 4.39 Å². The molecule has 84 valence electrons. The van der Waals surface area contributed by atoms with Crippen LogP contribution in [0.1, 0.15) is 17.2 Å². The Balaban J connectivity index is 2.40. The molecule has 6 heteroatoms. The van der Waals surface area contributed by atoms with Gasteiger partial charge < -0.3 is 4.42 Å². The fourth-order valence-corrected chi connectivity index (χ4v) is 1.69. The Morgan fingerprint density at radius 3 is 2.88 bits per heavy atom. The van der Waals surface area contributed by atoms with Crippen LogP contribution >= 0.6 is 11.6 Å². The highest BCUT2D eigenvalue weighted by atomic mass is 35.5. The number of nitrogens with two attached hydrogens (primary N) is 1. The van der Waals surface area contributed by atoms with Gasteiger partial charge in [0.2, 0.25) is 0 Å². The molecule has 0 spiro atoms. The highest BCUT2D eigenvalue weighted by molar-refractivity contribution is 6.29. The van der Waals surface area contributed by atoms with Crippen LogP contribution in [0.4, 0.5) is 4.39 Å². The van der Waals surface area contributed by atoms with E-state index in [1.54, 1.807) is 6.07 Å². The Labute approximate surface area is 96.2 Å². The maximum absolute atomic E-state index is 13.0. The second kappa shape index (κ2) is 4.61. The lowest BCUT2D eigenvalue weighted by Gasteiger charge is -2.14. The van der Waals surface area contributed by atoms with Gasteiger partial charge in [-0.2, -0.15) is 0 Å². The number of rotatable bonds is 3. The summed E-state index contributed by atoms with van der Waals surface area (Å²) in [6.07, 6.45) is 4.07. The first-order valence-corrected chi connectivity index (χ1v) is 4.89. The molecule has 0 aliphatic heterocycles. The van der Waals surface area contributed by atoms with Crippen molar-refractivity contribution in [3.8, 4) is 0 Å². The number of nitrogens with one attached hydrogen (secondary N) is 1. The molecule has 1 unspecified atom stereocenters. The van der Waals surface area contributed by atoms with E-state index in [1.807, 2.05) is 0 Å². The molecule has 0 saturated carbocycles. The monoisotopic (exact) mass is 241 g/mol. The second-order valence-electron chi connectivity index (χ2n) is 3.19. The van der Waals surface area contributed by atoms with Crippen molar-refractivity contribution in [1.82, 2.24) is 10.4 Å². The lowest BCUT2D eigenvalue weighted by molar-refractivity contribution is 0.553. The van der Waals surface area contributed by atoms with Crippen molar-refractivity contribution in [2.45, 2.75) is 6.04 Å². The molecule has 2 aromatic heterocycles. The number of furan rings is 1. The van der Waals surface area contributed by atoms with Crippen LogP contribution in [-0.2, 0) is 0 Å². The summed E-state index contributed by atoms with van der Waals surface area (Å²) in [5.74, 6) is 4.98. The molecule has 4 nitrogen and oxygen atoms in total. The summed E-state index contributed by atoms with van der Waals surface area (Å²) in [5.41, 5.74) is 3.75. The average molecular weight is 242 g/mol. The first kappa shape index (κ1) is 11.1. The number of hydrazine groups is 1. The lowest BCUT2D eigenvalue weighted by Crippen LogP contribution is -2.28. The zero-order valence-corrected chi connectivity index (χ0v) is 8.91. The fraction of sp³-hybridized carbons (Fsp3) is 0.100. The van der Waals surface area contributed by atoms with Crippen molar-refractivity contribution in [3.05, 3.63) is 53.0 Å². The van der Waals surface area contributed by atoms with Gasteiger partial charge in [0.1, 0.15) is 5.82 Å². The predicted octanol–water partition coefficient (Wildman–Crippen LogP) is 2.02. The number of aromatic nitrogens is 1. The first-order valence-electron chi connectivity index (χ1n) is 4.52. The van der Waals surface area contributed by atoms with E-state index in [4.69, 9.17) is 21.9 Å². The Bertz CT molecular complexity index is 488. The molecule has 0 radical (unpaired) electrons. The molecule has 2 aromatic rings. The highest BCUT2D eigenvalue weighted by Gasteiger charge is 2.18. The van der Waals surface area contributed by atoms with E-state index in [0.717, 1.165) is 6.20 Å². The summed E-state index contributed by atoms with van der Waals surface area (Å²) in [5, 5.41) is 0.215. The van der Waals surface area contributed by atoms with Gasteiger partial charge in [0.05, 0.1) is 18.5 Å². The minimum Gasteiger partial charge on any atom is -0.453 e. The van der Waals surface area contributed by atoms with Crippen LogP contribution in [0.2, 0.25) is 5.22 Å². The molecule has 1 atom stereocenters. The van der Waals surface area contributed by atoms with E-state index >= 15 is 0 Å². The van der Waals surface area contributed by atoms with Crippen LogP contribution in [0.5, 0.6) is 0 Å². The third-order valence-corrected chi connectivity index (χ3v) is 2.49. The normalized spacial score (nSPS) is 12.7. The van der Waals surface area contributed by atoms with Crippen molar-refractivity contribution < 1.29 is 8.81 Å². The number of halogens is 2. The molecule has 0 aromatic carbocycles. The van der Waals surface area contributed by atoms with Gasteiger partial charge in [-0.15, -0.1) is 0 Å². The van der Waals surface area contributed by atoms with Gasteiger partial charge in [0.15, 0.2) is 5.22 Å². The van der Waals surface area contributed by atoms with Crippen LogP contribution in [0.15, 0.2) is 35.2 Å². The van der Waals surface area contributed by atoms with Crippen molar-refractivity contribution in [1.29, 1.82) is 0 Å². The third-order valence-electron chi connectivity index (χ3n) is 2.18. The maximum atomic E-state index is 13.0. The molecule has 0 bridgehead atoms. The Hall–Kier alpha value is -1.43. The molecule has 16 heavy (non-hydrogen) atoms. The molecule has 3 N–H and O–H groups in total. The molecule has 2 heterocycles. The number of pyridine rings is 1. The minimum atomic E-state index is -0.450. The van der Waals surface area contributed by atoms with Crippen LogP contribution in [-0.4, -0.2) is 4.98 Å². The summed E-state index contributed by atoms with van der Waals surface area (Å²) < 4.78 is 18.0. The molecule has 0 aliphatic rings. The van der Waals surface area contributed by atoms with Gasteiger partial charge >= 0.3 is 0 Å². The Kier molecular flexibility index (Phi) is 3.19. The summed E-state index contributed by atoms with van der Waals surface area (Å²) >= 11 is 5.83. The minimum absolute atomic E-state index is 0.215. The van der Waals surface area contributed by atoms with Crippen LogP contribution in [0, 0.1) is 5.82 Å². The highest BCUT2D eigenvalue weighted by Crippen LogP contribution is 2.28. The van der Waals surface area contributed by atoms with E-state index < -0.39 is 11.9 Å². The topological polar surface area (TPSA) is 64.1 Å². The molecule has 0 amide bonds. The SMILES string of the molecule is NNC(c1cncc(F)c1)c1ccoc1Cl. The molecule has 2 rings (SSSR count). The summed E-state index contributed by atoms with van der Waals surface area (Å²) in [7, 11) is 0. The van der Waals surface area contributed by atoms with Gasteiger partial charge in [-0.3, -0.25) is 10.8 Å². The molecular weight excluding hydrogens is 233 g/mol. The average Bonchev–Trinajstić information content (AvgIpc) is 2.67. The standard InChI is InChI=1S/C10H9ClFN3O/c11-10-8(1-2-16-10)9(15-13)6-3-7(12)5-14-4-6/h1-5,9,15H,13H2. The van der Waals surface area contributed by atoms with E-state index in [1.165, 1.54) is 18.5 Å². The fourth-order valence-electron chi connectivity index (χ4n) is 1.46. The molecule has 0 saturated heterocycles. The summed E-state index contributed by atoms with van der Waals surface area (Å²) in [4.78, 5) is 3.75. The second-order valence-corrected chi connectivity index (χ2v) is 3.53. The largest absolute Gasteiger partial charge is 0.453 e. The van der Waals surface area contributed by atoms with E-state index in [0.29, 0.717) is 11.1 Å². The summed E-state index contributed by atoms with van der Waals surface area (Å²) in [6.45, 7) is 0. The quantitative estimate of drug-likeness (QED) is 0.637. The van der Waals surface area contributed by atoms with Crippen LogP contribution < -0.4 is 11.3 Å². The van der Waals surface area contributed by atoms with Crippen LogP contribution in [0.25, 0.3) is 0 Å². The van der Waals surface area contributed by atoms with Crippen molar-refractivity contribution >= 4 is 11.6 Å². The molecule has 0 fully saturated rings. The van der Waals surface area contributed by atoms with Crippen LogP contribution in [0.3, 0.4) is 0 Å². The Morgan fingerprint density at radius 1 is 1.50 bits per heavy atom. The van der Waals surface area contributed by atoms with Crippen molar-refractivity contribution in [2.75, 3.05) is 0 Å². The van der Waals surface area contributed by atoms with Gasteiger partial charge in [-0.25, -0.2) is 9.82 Å². The number of nitrogens with zero attached hydrogens (tertiary/aromatic N) is 1. The van der Waals surface area contributed by atoms with Gasteiger partial charge in [-0.05, 0) is 29.3 Å². The van der Waals surface area contributed by atoms with E-state index in [-0.39, 0.29) is 5.22 Å². The first-order chi connectivity index (χ1) is 7.72.